The lowest BCUT2D eigenvalue weighted by Crippen LogP contribution is -2.51. The number of carbonyl (C=O) groups excluding carboxylic acids is 1. The molecule has 8 heteroatoms. The third-order valence-electron chi connectivity index (χ3n) is 6.05. The molecule has 0 aliphatic heterocycles. The largest absolute Gasteiger partial charge is 0.480 e. The molecule has 0 heterocycles. The van der Waals surface area contributed by atoms with E-state index in [1.54, 1.807) is 0 Å². The molecule has 0 aromatic carbocycles. The van der Waals surface area contributed by atoms with Gasteiger partial charge in [-0.25, -0.2) is 0 Å². The number of carboxylic acids is 2. The lowest BCUT2D eigenvalue weighted by Gasteiger charge is -2.32. The number of carbonyl (C=O) groups is 3. The average molecular weight is 459 g/mol. The number of aliphatic carboxylic acids is 2. The first-order valence-corrected chi connectivity index (χ1v) is 12.4. The van der Waals surface area contributed by atoms with Gasteiger partial charge in [0.25, 0.3) is 0 Å². The molecule has 0 aliphatic carbocycles. The van der Waals surface area contributed by atoms with Crippen LogP contribution in [0, 0.1) is 0 Å². The van der Waals surface area contributed by atoms with Gasteiger partial charge in [0, 0.05) is 26.1 Å². The van der Waals surface area contributed by atoms with E-state index in [2.05, 4.69) is 6.92 Å². The van der Waals surface area contributed by atoms with Gasteiger partial charge in [-0.3, -0.25) is 19.3 Å². The minimum absolute atomic E-state index is 0.0825. The van der Waals surface area contributed by atoms with Crippen molar-refractivity contribution in [2.24, 2.45) is 0 Å². The fourth-order valence-electron chi connectivity index (χ4n) is 3.82. The highest BCUT2D eigenvalue weighted by atomic mass is 16.4. The second kappa shape index (κ2) is 18.9. The van der Waals surface area contributed by atoms with Gasteiger partial charge in [0.2, 0.25) is 5.91 Å². The summed E-state index contributed by atoms with van der Waals surface area (Å²) in [5, 5.41) is 27.9. The highest BCUT2D eigenvalue weighted by Gasteiger charge is 2.30. The van der Waals surface area contributed by atoms with E-state index in [0.29, 0.717) is 6.42 Å². The SMILES string of the molecule is CCCCCCCCCCCCCC(=O)N(CCO)CCN(C(C)C(=O)O)C(C)C(=O)O. The third kappa shape index (κ3) is 13.7. The monoisotopic (exact) mass is 458 g/mol. The Morgan fingerprint density at radius 3 is 1.53 bits per heavy atom. The number of amides is 1. The van der Waals surface area contributed by atoms with Gasteiger partial charge in [-0.05, 0) is 20.3 Å². The number of aliphatic hydroxyl groups excluding tert-OH is 1. The van der Waals surface area contributed by atoms with Crippen LogP contribution in [0.5, 0.6) is 0 Å². The molecule has 2 atom stereocenters. The second-order valence-electron chi connectivity index (χ2n) is 8.66. The molecule has 2 unspecified atom stereocenters. The Balaban J connectivity index is 4.31. The minimum Gasteiger partial charge on any atom is -0.480 e. The van der Waals surface area contributed by atoms with E-state index in [0.717, 1.165) is 19.3 Å². The smallest absolute Gasteiger partial charge is 0.320 e. The Morgan fingerprint density at radius 1 is 0.688 bits per heavy atom. The van der Waals surface area contributed by atoms with Crippen molar-refractivity contribution in [1.29, 1.82) is 0 Å². The molecule has 0 saturated heterocycles. The molecule has 0 radical (unpaired) electrons. The number of rotatable bonds is 21. The van der Waals surface area contributed by atoms with Gasteiger partial charge in [-0.2, -0.15) is 0 Å². The second-order valence-corrected chi connectivity index (χ2v) is 8.66. The lowest BCUT2D eigenvalue weighted by atomic mass is 10.1. The highest BCUT2D eigenvalue weighted by Crippen LogP contribution is 2.13. The number of hydrogen-bond donors (Lipinski definition) is 3. The van der Waals surface area contributed by atoms with Crippen LogP contribution in [0.25, 0.3) is 0 Å². The summed E-state index contributed by atoms with van der Waals surface area (Å²) < 4.78 is 0. The van der Waals surface area contributed by atoms with E-state index in [4.69, 9.17) is 0 Å². The molecule has 0 aromatic rings. The van der Waals surface area contributed by atoms with Crippen molar-refractivity contribution in [1.82, 2.24) is 9.80 Å². The van der Waals surface area contributed by atoms with Gasteiger partial charge < -0.3 is 20.2 Å². The highest BCUT2D eigenvalue weighted by molar-refractivity contribution is 5.77. The molecule has 0 fully saturated rings. The Labute approximate surface area is 194 Å². The van der Waals surface area contributed by atoms with Crippen LogP contribution >= 0.6 is 0 Å². The van der Waals surface area contributed by atoms with Crippen molar-refractivity contribution in [3.05, 3.63) is 0 Å². The minimum atomic E-state index is -1.11. The van der Waals surface area contributed by atoms with E-state index in [1.165, 1.54) is 75.0 Å². The maximum absolute atomic E-state index is 12.6. The van der Waals surface area contributed by atoms with Gasteiger partial charge in [-0.15, -0.1) is 0 Å². The van der Waals surface area contributed by atoms with Crippen molar-refractivity contribution < 1.29 is 29.7 Å². The molecule has 0 aliphatic rings. The first kappa shape index (κ1) is 30.3. The molecular formula is C24H46N2O6. The van der Waals surface area contributed by atoms with E-state index in [9.17, 15) is 29.7 Å². The number of hydrogen-bond acceptors (Lipinski definition) is 5. The van der Waals surface area contributed by atoms with Gasteiger partial charge >= 0.3 is 11.9 Å². The van der Waals surface area contributed by atoms with E-state index < -0.39 is 24.0 Å². The Bertz CT molecular complexity index is 509. The van der Waals surface area contributed by atoms with Crippen LogP contribution in [-0.4, -0.2) is 81.3 Å². The zero-order valence-electron chi connectivity index (χ0n) is 20.4. The van der Waals surface area contributed by atoms with Crippen molar-refractivity contribution in [2.75, 3.05) is 26.2 Å². The summed E-state index contributed by atoms with van der Waals surface area (Å²) in [6.07, 6.45) is 13.6. The zero-order chi connectivity index (χ0) is 24.4. The van der Waals surface area contributed by atoms with Crippen molar-refractivity contribution in [2.45, 2.75) is 110 Å². The van der Waals surface area contributed by atoms with E-state index in [-0.39, 0.29) is 32.1 Å². The van der Waals surface area contributed by atoms with Crippen LogP contribution in [0.1, 0.15) is 97.8 Å². The summed E-state index contributed by atoms with van der Waals surface area (Å²) in [5.74, 6) is -2.31. The van der Waals surface area contributed by atoms with Gasteiger partial charge in [-0.1, -0.05) is 71.1 Å². The zero-order valence-corrected chi connectivity index (χ0v) is 20.4. The fraction of sp³-hybridized carbons (Fsp3) is 0.875. The Hall–Kier alpha value is -1.67. The lowest BCUT2D eigenvalue weighted by molar-refractivity contribution is -0.149. The molecule has 0 aromatic heterocycles. The van der Waals surface area contributed by atoms with Crippen molar-refractivity contribution in [3.63, 3.8) is 0 Å². The number of carboxylic acid groups (broad SMARTS) is 2. The predicted molar refractivity (Wildman–Crippen MR) is 126 cm³/mol. The van der Waals surface area contributed by atoms with Gasteiger partial charge in [0.15, 0.2) is 0 Å². The van der Waals surface area contributed by atoms with Crippen LogP contribution in [0.3, 0.4) is 0 Å². The average Bonchev–Trinajstić information content (AvgIpc) is 2.76. The quantitative estimate of drug-likeness (QED) is 0.224. The van der Waals surface area contributed by atoms with Crippen molar-refractivity contribution in [3.8, 4) is 0 Å². The number of unbranched alkanes of at least 4 members (excludes halogenated alkanes) is 10. The molecule has 3 N–H and O–H groups in total. The van der Waals surface area contributed by atoms with Gasteiger partial charge in [0.1, 0.15) is 12.1 Å². The number of nitrogens with zero attached hydrogens (tertiary/aromatic N) is 2. The Kier molecular flexibility index (Phi) is 17.9. The molecule has 0 saturated carbocycles. The summed E-state index contributed by atoms with van der Waals surface area (Å²) in [6, 6.07) is -1.97. The molecule has 0 bridgehead atoms. The summed E-state index contributed by atoms with van der Waals surface area (Å²) in [7, 11) is 0. The maximum atomic E-state index is 12.6. The van der Waals surface area contributed by atoms with Crippen molar-refractivity contribution >= 4 is 17.8 Å². The summed E-state index contributed by atoms with van der Waals surface area (Å²) in [4.78, 5) is 38.1. The molecule has 1 amide bonds. The van der Waals surface area contributed by atoms with Crippen LogP contribution in [-0.2, 0) is 14.4 Å². The van der Waals surface area contributed by atoms with E-state index in [1.807, 2.05) is 0 Å². The van der Waals surface area contributed by atoms with Crippen LogP contribution in [0.4, 0.5) is 0 Å². The molecule has 32 heavy (non-hydrogen) atoms. The third-order valence-corrected chi connectivity index (χ3v) is 6.05. The van der Waals surface area contributed by atoms with Crippen LogP contribution < -0.4 is 0 Å². The normalized spacial score (nSPS) is 13.2. The molecule has 188 valence electrons. The fourth-order valence-corrected chi connectivity index (χ4v) is 3.82. The Morgan fingerprint density at radius 2 is 1.12 bits per heavy atom. The first-order chi connectivity index (χ1) is 15.3. The molecule has 0 spiro atoms. The number of aliphatic hydroxyl groups is 1. The molecule has 0 rings (SSSR count). The summed E-state index contributed by atoms with van der Waals surface area (Å²) >= 11 is 0. The standard InChI is InChI=1S/C24H46N2O6/c1-4-5-6-7-8-9-10-11-12-13-14-15-22(28)25(18-19-27)16-17-26(20(2)23(29)30)21(3)24(31)32/h20-21,27H,4-19H2,1-3H3,(H,29,30)(H,31,32). The van der Waals surface area contributed by atoms with Crippen LogP contribution in [0.2, 0.25) is 0 Å². The maximum Gasteiger partial charge on any atom is 0.320 e. The predicted octanol–water partition coefficient (Wildman–Crippen LogP) is 3.76. The van der Waals surface area contributed by atoms with Crippen LogP contribution in [0.15, 0.2) is 0 Å². The molecule has 8 nitrogen and oxygen atoms in total. The van der Waals surface area contributed by atoms with E-state index >= 15 is 0 Å². The molecular weight excluding hydrogens is 412 g/mol. The van der Waals surface area contributed by atoms with Gasteiger partial charge in [0.05, 0.1) is 6.61 Å². The summed E-state index contributed by atoms with van der Waals surface area (Å²) in [6.45, 7) is 5.37. The first-order valence-electron chi connectivity index (χ1n) is 12.4. The summed E-state index contributed by atoms with van der Waals surface area (Å²) in [5.41, 5.74) is 0. The topological polar surface area (TPSA) is 118 Å².